The van der Waals surface area contributed by atoms with Crippen LogP contribution in [-0.4, -0.2) is 33.6 Å². The van der Waals surface area contributed by atoms with Crippen LogP contribution in [0.2, 0.25) is 0 Å². The maximum absolute atomic E-state index is 12.5. The van der Waals surface area contributed by atoms with Crippen LogP contribution in [0.3, 0.4) is 0 Å². The molecule has 17 heavy (non-hydrogen) atoms. The van der Waals surface area contributed by atoms with E-state index in [0.717, 1.165) is 16.5 Å². The molecule has 3 nitrogen and oxygen atoms in total. The van der Waals surface area contributed by atoms with Gasteiger partial charge in [-0.25, -0.2) is 0 Å². The number of rotatable bonds is 8. The zero-order chi connectivity index (χ0) is 12.6. The molecule has 0 unspecified atom stereocenters. The first-order valence-corrected chi connectivity index (χ1v) is 11.6. The third-order valence-electron chi connectivity index (χ3n) is 1.87. The van der Waals surface area contributed by atoms with Crippen molar-refractivity contribution in [1.82, 2.24) is 0 Å². The zero-order valence-electron chi connectivity index (χ0n) is 10.3. The summed E-state index contributed by atoms with van der Waals surface area (Å²) < 4.78 is 24.6. The Balaban J connectivity index is 2.65. The zero-order valence-corrected chi connectivity index (χ0v) is 13.5. The van der Waals surface area contributed by atoms with Crippen molar-refractivity contribution >= 4 is 29.3 Å². The summed E-state index contributed by atoms with van der Waals surface area (Å²) in [5.41, 5.74) is 0. The number of hydrogen-bond donors (Lipinski definition) is 0. The summed E-state index contributed by atoms with van der Waals surface area (Å²) in [6, 6.07) is 9.88. The molecule has 0 saturated heterocycles. The van der Waals surface area contributed by atoms with E-state index >= 15 is 0 Å². The van der Waals surface area contributed by atoms with Gasteiger partial charge in [0.15, 0.2) is 0 Å². The van der Waals surface area contributed by atoms with Crippen LogP contribution in [0.4, 0.5) is 0 Å². The van der Waals surface area contributed by atoms with E-state index in [9.17, 15) is 4.57 Å². The minimum atomic E-state index is -2.84. The van der Waals surface area contributed by atoms with Crippen LogP contribution in [-0.2, 0) is 13.6 Å². The summed E-state index contributed by atoms with van der Waals surface area (Å²) in [4.78, 5) is 0. The van der Waals surface area contributed by atoms with Crippen LogP contribution >= 0.6 is 5.29 Å². The van der Waals surface area contributed by atoms with Crippen LogP contribution in [0.5, 0.6) is 0 Å². The second-order valence-corrected chi connectivity index (χ2v) is 11.8. The van der Waals surface area contributed by atoms with Crippen molar-refractivity contribution in [2.75, 3.05) is 13.2 Å². The molecule has 0 saturated carbocycles. The summed E-state index contributed by atoms with van der Waals surface area (Å²) in [5.74, 6) is 0. The van der Waals surface area contributed by atoms with E-state index in [1.807, 2.05) is 44.2 Å². The van der Waals surface area contributed by atoms with Crippen molar-refractivity contribution in [3.05, 3.63) is 30.3 Å². The molecule has 0 bridgehead atoms. The van der Waals surface area contributed by atoms with Crippen molar-refractivity contribution in [1.29, 1.82) is 0 Å². The van der Waals surface area contributed by atoms with Crippen molar-refractivity contribution < 1.29 is 13.6 Å². The molecule has 0 heterocycles. The van der Waals surface area contributed by atoms with Gasteiger partial charge in [-0.1, -0.05) is 0 Å². The molecule has 0 aromatic heterocycles. The Kier molecular flexibility index (Phi) is 7.43. The molecule has 0 aliphatic heterocycles. The Morgan fingerprint density at radius 1 is 1.06 bits per heavy atom. The Morgan fingerprint density at radius 3 is 2.06 bits per heavy atom. The van der Waals surface area contributed by atoms with Gasteiger partial charge in [-0.3, -0.25) is 0 Å². The van der Waals surface area contributed by atoms with E-state index < -0.39 is 25.7 Å². The predicted octanol–water partition coefficient (Wildman–Crippen LogP) is 2.98. The van der Waals surface area contributed by atoms with Crippen LogP contribution in [0.25, 0.3) is 0 Å². The Morgan fingerprint density at radius 2 is 1.59 bits per heavy atom. The summed E-state index contributed by atoms with van der Waals surface area (Å²) in [6.07, 6.45) is 1.72. The molecule has 96 valence electrons. The number of hydrogen-bond acceptors (Lipinski definition) is 3. The average molecular weight is 370 g/mol. The molecule has 0 N–H and O–H groups in total. The van der Waals surface area contributed by atoms with Gasteiger partial charge in [0.25, 0.3) is 0 Å². The molecule has 0 fully saturated rings. The summed E-state index contributed by atoms with van der Waals surface area (Å²) in [6.45, 7) is 5.04. The summed E-state index contributed by atoms with van der Waals surface area (Å²) in [5, 5.41) is -2.84. The van der Waals surface area contributed by atoms with Gasteiger partial charge in [0.05, 0.1) is 0 Å². The second-order valence-electron chi connectivity index (χ2n) is 3.52. The van der Waals surface area contributed by atoms with E-state index in [4.69, 9.17) is 9.05 Å². The third-order valence-corrected chi connectivity index (χ3v) is 9.60. The fourth-order valence-corrected chi connectivity index (χ4v) is 8.36. The van der Waals surface area contributed by atoms with Crippen LogP contribution in [0.1, 0.15) is 26.7 Å². The Hall–Kier alpha value is 0.160. The number of benzene rings is 1. The van der Waals surface area contributed by atoms with Crippen LogP contribution in [0, 0.1) is 0 Å². The Labute approximate surface area is 113 Å². The van der Waals surface area contributed by atoms with Gasteiger partial charge in [-0.2, -0.15) is 0 Å². The molecule has 0 aliphatic rings. The van der Waals surface area contributed by atoms with E-state index in [1.54, 1.807) is 0 Å². The fourth-order valence-electron chi connectivity index (χ4n) is 1.11. The SMILES string of the molecule is CCCOP(=O)(OCCC)[Te]c1ccccc1. The maximum atomic E-state index is 12.5. The van der Waals surface area contributed by atoms with E-state index in [2.05, 4.69) is 0 Å². The third kappa shape index (κ3) is 6.04. The molecular formula is C12H19O3PTe. The average Bonchev–Trinajstić information content (AvgIpc) is 2.35. The standard InChI is InChI=1S/C12H19O3PTe/c1-3-10-14-16(13,15-11-4-2)17-12-8-6-5-7-9-12/h5-9H,3-4,10-11H2,1-2H3. The summed E-state index contributed by atoms with van der Waals surface area (Å²) >= 11 is -0.935. The van der Waals surface area contributed by atoms with E-state index in [1.165, 1.54) is 0 Å². The second kappa shape index (κ2) is 8.29. The van der Waals surface area contributed by atoms with Crippen LogP contribution < -0.4 is 3.61 Å². The van der Waals surface area contributed by atoms with Gasteiger partial charge in [-0.05, 0) is 0 Å². The van der Waals surface area contributed by atoms with Crippen molar-refractivity contribution in [3.63, 3.8) is 0 Å². The van der Waals surface area contributed by atoms with Crippen molar-refractivity contribution in [3.8, 4) is 0 Å². The van der Waals surface area contributed by atoms with Gasteiger partial charge < -0.3 is 0 Å². The van der Waals surface area contributed by atoms with Gasteiger partial charge in [0, 0.05) is 0 Å². The van der Waals surface area contributed by atoms with Gasteiger partial charge in [-0.15, -0.1) is 0 Å². The molecule has 0 spiro atoms. The first kappa shape index (κ1) is 15.2. The van der Waals surface area contributed by atoms with Gasteiger partial charge in [0.2, 0.25) is 0 Å². The van der Waals surface area contributed by atoms with Gasteiger partial charge in [0.1, 0.15) is 0 Å². The first-order chi connectivity index (χ1) is 8.20. The molecule has 1 aromatic rings. The minimum absolute atomic E-state index is 0.512. The van der Waals surface area contributed by atoms with E-state index in [0.29, 0.717) is 13.2 Å². The first-order valence-electron chi connectivity index (χ1n) is 5.84. The van der Waals surface area contributed by atoms with E-state index in [-0.39, 0.29) is 0 Å². The predicted molar refractivity (Wildman–Crippen MR) is 71.9 cm³/mol. The topological polar surface area (TPSA) is 35.5 Å². The molecule has 5 heteroatoms. The molecular weight excluding hydrogens is 351 g/mol. The summed E-state index contributed by atoms with van der Waals surface area (Å²) in [7, 11) is 0. The van der Waals surface area contributed by atoms with Crippen molar-refractivity contribution in [2.24, 2.45) is 0 Å². The molecule has 0 atom stereocenters. The molecule has 1 rings (SSSR count). The van der Waals surface area contributed by atoms with Gasteiger partial charge >= 0.3 is 113 Å². The monoisotopic (exact) mass is 372 g/mol. The van der Waals surface area contributed by atoms with Crippen LogP contribution in [0.15, 0.2) is 30.3 Å². The normalized spacial score (nSPS) is 11.6. The fraction of sp³-hybridized carbons (Fsp3) is 0.500. The molecule has 0 radical (unpaired) electrons. The quantitative estimate of drug-likeness (QED) is 0.522. The Bertz CT molecular complexity index is 344. The molecule has 0 aliphatic carbocycles. The molecule has 0 amide bonds. The molecule has 1 aromatic carbocycles. The van der Waals surface area contributed by atoms with Crippen molar-refractivity contribution in [2.45, 2.75) is 26.7 Å².